The molecule has 0 spiro atoms. The van der Waals surface area contributed by atoms with Crippen molar-refractivity contribution in [2.45, 2.75) is 25.9 Å². The Morgan fingerprint density at radius 1 is 1.26 bits per heavy atom. The summed E-state index contributed by atoms with van der Waals surface area (Å²) >= 11 is 1.36. The molecule has 0 bridgehead atoms. The van der Waals surface area contributed by atoms with Gasteiger partial charge in [-0.05, 0) is 43.4 Å². The summed E-state index contributed by atoms with van der Waals surface area (Å²) in [5.41, 5.74) is 1.64. The van der Waals surface area contributed by atoms with E-state index >= 15 is 0 Å². The Morgan fingerprint density at radius 2 is 2.04 bits per heavy atom. The molecular formula is C19H24N4O3S. The van der Waals surface area contributed by atoms with E-state index < -0.39 is 0 Å². The number of rotatable bonds is 3. The largest absolute Gasteiger partial charge is 0.376 e. The topological polar surface area (TPSA) is 74.8 Å². The number of carbonyl (C=O) groups is 2. The number of carbonyl (C=O) groups excluding carboxylic acids is 2. The van der Waals surface area contributed by atoms with E-state index in [2.05, 4.69) is 9.69 Å². The standard InChI is InChI=1S/C19H24N4O3S/c1-13-4-5-16-15(11-13)17(21-27-16)18(24)22-6-8-23(9-7-22)19(25)20-12-14-3-2-10-26-14/h4-5,11,14H,2-3,6-10,12H2,1H3,(H,20,25)/t14-/m1/s1. The molecule has 2 fully saturated rings. The van der Waals surface area contributed by atoms with Gasteiger partial charge >= 0.3 is 6.03 Å². The fraction of sp³-hybridized carbons (Fsp3) is 0.526. The smallest absolute Gasteiger partial charge is 0.317 e. The van der Waals surface area contributed by atoms with E-state index in [-0.39, 0.29) is 18.0 Å². The molecule has 0 aliphatic carbocycles. The number of nitrogens with zero attached hydrogens (tertiary/aromatic N) is 3. The Kier molecular flexibility index (Phi) is 5.27. The minimum absolute atomic E-state index is 0.0498. The Balaban J connectivity index is 1.33. The third-order valence-corrected chi connectivity index (χ3v) is 6.01. The van der Waals surface area contributed by atoms with E-state index in [1.54, 1.807) is 9.80 Å². The maximum Gasteiger partial charge on any atom is 0.317 e. The Labute approximate surface area is 162 Å². The van der Waals surface area contributed by atoms with E-state index in [0.29, 0.717) is 38.4 Å². The summed E-state index contributed by atoms with van der Waals surface area (Å²) < 4.78 is 10.9. The summed E-state index contributed by atoms with van der Waals surface area (Å²) in [7, 11) is 0. The van der Waals surface area contributed by atoms with Crippen LogP contribution < -0.4 is 5.32 Å². The number of ether oxygens (including phenoxy) is 1. The van der Waals surface area contributed by atoms with Crippen molar-refractivity contribution in [3.05, 3.63) is 29.5 Å². The average molecular weight is 388 g/mol. The quantitative estimate of drug-likeness (QED) is 0.875. The Hall–Kier alpha value is -2.19. The number of benzene rings is 1. The zero-order valence-corrected chi connectivity index (χ0v) is 16.3. The van der Waals surface area contributed by atoms with Crippen LogP contribution in [0, 0.1) is 6.92 Å². The lowest BCUT2D eigenvalue weighted by Gasteiger charge is -2.34. The maximum absolute atomic E-state index is 12.9. The molecule has 0 saturated carbocycles. The van der Waals surface area contributed by atoms with Crippen LogP contribution in [0.25, 0.3) is 10.1 Å². The highest BCUT2D eigenvalue weighted by Gasteiger charge is 2.27. The molecule has 8 heteroatoms. The van der Waals surface area contributed by atoms with Crippen molar-refractivity contribution in [3.8, 4) is 0 Å². The van der Waals surface area contributed by atoms with E-state index in [1.807, 2.05) is 25.1 Å². The van der Waals surface area contributed by atoms with Crippen LogP contribution in [0.2, 0.25) is 0 Å². The first-order valence-electron chi connectivity index (χ1n) is 9.41. The summed E-state index contributed by atoms with van der Waals surface area (Å²) in [6, 6.07) is 5.98. The van der Waals surface area contributed by atoms with Gasteiger partial charge in [0.05, 0.1) is 10.8 Å². The number of aromatic nitrogens is 1. The van der Waals surface area contributed by atoms with Gasteiger partial charge in [0.15, 0.2) is 0 Å². The molecule has 2 saturated heterocycles. The lowest BCUT2D eigenvalue weighted by Crippen LogP contribution is -2.53. The van der Waals surface area contributed by atoms with Crippen LogP contribution in [0.4, 0.5) is 4.79 Å². The van der Waals surface area contributed by atoms with Gasteiger partial charge in [-0.2, -0.15) is 4.37 Å². The molecular weight excluding hydrogens is 364 g/mol. The molecule has 0 radical (unpaired) electrons. The van der Waals surface area contributed by atoms with Gasteiger partial charge in [-0.15, -0.1) is 0 Å². The van der Waals surface area contributed by atoms with Crippen LogP contribution in [0.15, 0.2) is 18.2 Å². The van der Waals surface area contributed by atoms with Gasteiger partial charge in [0, 0.05) is 44.7 Å². The molecule has 3 heterocycles. The van der Waals surface area contributed by atoms with Crippen LogP contribution in [0.3, 0.4) is 0 Å². The predicted octanol–water partition coefficient (Wildman–Crippen LogP) is 2.25. The minimum Gasteiger partial charge on any atom is -0.376 e. The van der Waals surface area contributed by atoms with Crippen LogP contribution in [-0.2, 0) is 4.74 Å². The average Bonchev–Trinajstić information content (AvgIpc) is 3.35. The summed E-state index contributed by atoms with van der Waals surface area (Å²) in [4.78, 5) is 28.8. The first-order valence-corrected chi connectivity index (χ1v) is 10.2. The highest BCUT2D eigenvalue weighted by molar-refractivity contribution is 7.13. The van der Waals surface area contributed by atoms with Crippen LogP contribution >= 0.6 is 11.5 Å². The number of hydrogen-bond acceptors (Lipinski definition) is 5. The number of fused-ring (bicyclic) bond motifs is 1. The zero-order valence-electron chi connectivity index (χ0n) is 15.4. The highest BCUT2D eigenvalue weighted by atomic mass is 32.1. The van der Waals surface area contributed by atoms with Gasteiger partial charge in [-0.25, -0.2) is 4.79 Å². The van der Waals surface area contributed by atoms with Crippen molar-refractivity contribution < 1.29 is 14.3 Å². The highest BCUT2D eigenvalue weighted by Crippen LogP contribution is 2.25. The van der Waals surface area contributed by atoms with Gasteiger partial charge in [0.1, 0.15) is 5.69 Å². The molecule has 2 aliphatic heterocycles. The van der Waals surface area contributed by atoms with Gasteiger partial charge in [-0.1, -0.05) is 11.6 Å². The third-order valence-electron chi connectivity index (χ3n) is 5.19. The van der Waals surface area contributed by atoms with Crippen LogP contribution in [0.5, 0.6) is 0 Å². The fourth-order valence-electron chi connectivity index (χ4n) is 3.59. The lowest BCUT2D eigenvalue weighted by molar-refractivity contribution is 0.0657. The molecule has 1 N–H and O–H groups in total. The molecule has 2 aliphatic rings. The third kappa shape index (κ3) is 3.91. The second-order valence-electron chi connectivity index (χ2n) is 7.13. The van der Waals surface area contributed by atoms with Crippen molar-refractivity contribution in [2.75, 3.05) is 39.3 Å². The number of hydrogen-bond donors (Lipinski definition) is 1. The van der Waals surface area contributed by atoms with Crippen molar-refractivity contribution in [2.24, 2.45) is 0 Å². The predicted molar refractivity (Wildman–Crippen MR) is 104 cm³/mol. The molecule has 4 rings (SSSR count). The molecule has 2 aromatic rings. The van der Waals surface area contributed by atoms with Crippen molar-refractivity contribution in [1.82, 2.24) is 19.5 Å². The van der Waals surface area contributed by atoms with Crippen LogP contribution in [0.1, 0.15) is 28.9 Å². The second kappa shape index (κ2) is 7.82. The van der Waals surface area contributed by atoms with E-state index in [9.17, 15) is 9.59 Å². The van der Waals surface area contributed by atoms with E-state index in [0.717, 1.165) is 35.1 Å². The van der Waals surface area contributed by atoms with Crippen molar-refractivity contribution >= 4 is 33.6 Å². The number of amides is 3. The zero-order chi connectivity index (χ0) is 18.8. The molecule has 1 aromatic carbocycles. The fourth-order valence-corrected chi connectivity index (χ4v) is 4.34. The monoisotopic (exact) mass is 388 g/mol. The van der Waals surface area contributed by atoms with Gasteiger partial charge < -0.3 is 19.9 Å². The molecule has 1 atom stereocenters. The Bertz CT molecular complexity index is 839. The minimum atomic E-state index is -0.0765. The van der Waals surface area contributed by atoms with Crippen LogP contribution in [-0.4, -0.2) is 71.5 Å². The van der Waals surface area contributed by atoms with Gasteiger partial charge in [-0.3, -0.25) is 4.79 Å². The van der Waals surface area contributed by atoms with Crippen molar-refractivity contribution in [1.29, 1.82) is 0 Å². The van der Waals surface area contributed by atoms with Gasteiger partial charge in [0.25, 0.3) is 5.91 Å². The second-order valence-corrected chi connectivity index (χ2v) is 7.94. The lowest BCUT2D eigenvalue weighted by atomic mass is 10.1. The summed E-state index contributed by atoms with van der Waals surface area (Å²) in [5, 5.41) is 3.86. The van der Waals surface area contributed by atoms with Crippen molar-refractivity contribution in [3.63, 3.8) is 0 Å². The first-order chi connectivity index (χ1) is 13.1. The number of nitrogens with one attached hydrogen (secondary N) is 1. The molecule has 144 valence electrons. The molecule has 0 unspecified atom stereocenters. The summed E-state index contributed by atoms with van der Waals surface area (Å²) in [5.74, 6) is -0.0498. The molecule has 3 amide bonds. The maximum atomic E-state index is 12.9. The Morgan fingerprint density at radius 3 is 2.78 bits per heavy atom. The first kappa shape index (κ1) is 18.2. The molecule has 27 heavy (non-hydrogen) atoms. The number of aryl methyl sites for hydroxylation is 1. The molecule has 1 aromatic heterocycles. The summed E-state index contributed by atoms with van der Waals surface area (Å²) in [6.45, 7) is 5.47. The van der Waals surface area contributed by atoms with E-state index in [4.69, 9.17) is 4.74 Å². The van der Waals surface area contributed by atoms with Gasteiger partial charge in [0.2, 0.25) is 0 Å². The SMILES string of the molecule is Cc1ccc2snc(C(=O)N3CCN(C(=O)NC[C@H]4CCCO4)CC3)c2c1. The van der Waals surface area contributed by atoms with E-state index in [1.165, 1.54) is 11.5 Å². The number of piperazine rings is 1. The normalized spacial score (nSPS) is 20.3. The number of urea groups is 1. The summed E-state index contributed by atoms with van der Waals surface area (Å²) in [6.07, 6.45) is 2.20. The molecule has 7 nitrogen and oxygen atoms in total.